The first-order valence-corrected chi connectivity index (χ1v) is 8.66. The molecule has 3 aromatic heterocycles. The fourth-order valence-electron chi connectivity index (χ4n) is 3.39. The summed E-state index contributed by atoms with van der Waals surface area (Å²) in [5, 5.41) is 9.47. The number of carbonyl (C=O) groups is 1. The number of aromatic nitrogens is 3. The van der Waals surface area contributed by atoms with Crippen LogP contribution in [0.3, 0.4) is 0 Å². The molecule has 1 aromatic carbocycles. The first kappa shape index (κ1) is 21.5. The van der Waals surface area contributed by atoms with Gasteiger partial charge in [0.05, 0.1) is 11.3 Å². The molecule has 4 rings (SSSR count). The van der Waals surface area contributed by atoms with Gasteiger partial charge in [-0.25, -0.2) is 4.98 Å². The van der Waals surface area contributed by atoms with Crippen LogP contribution in [0.25, 0.3) is 27.7 Å². The third-order valence-electron chi connectivity index (χ3n) is 4.72. The van der Waals surface area contributed by atoms with E-state index in [1.54, 1.807) is 30.5 Å². The molecule has 1 atom stereocenters. The van der Waals surface area contributed by atoms with Crippen molar-refractivity contribution in [3.63, 3.8) is 0 Å². The fourth-order valence-corrected chi connectivity index (χ4v) is 3.39. The summed E-state index contributed by atoms with van der Waals surface area (Å²) in [4.78, 5) is 19.3. The van der Waals surface area contributed by atoms with E-state index < -0.39 is 23.8 Å². The largest absolute Gasteiger partial charge is 0.480 e. The molecule has 0 saturated carbocycles. The zero-order valence-corrected chi connectivity index (χ0v) is 16.1. The number of imidazole rings is 1. The number of carboxylic acids is 1. The number of aliphatic carboxylic acids is 1. The molecule has 0 spiro atoms. The molecule has 6 nitrogen and oxygen atoms in total. The molecule has 4 aromatic rings. The summed E-state index contributed by atoms with van der Waals surface area (Å²) in [6, 6.07) is 8.05. The van der Waals surface area contributed by atoms with Crippen molar-refractivity contribution in [2.45, 2.75) is 18.6 Å². The highest BCUT2D eigenvalue weighted by Crippen LogP contribution is 2.41. The van der Waals surface area contributed by atoms with Crippen molar-refractivity contribution in [2.24, 2.45) is 5.73 Å². The van der Waals surface area contributed by atoms with Crippen LogP contribution in [0, 0.1) is 0 Å². The molecular weight excluding hydrogens is 421 g/mol. The molecule has 0 aliphatic carbocycles. The van der Waals surface area contributed by atoms with E-state index in [2.05, 4.69) is 9.97 Å². The second-order valence-corrected chi connectivity index (χ2v) is 6.57. The van der Waals surface area contributed by atoms with Gasteiger partial charge in [-0.05, 0) is 17.5 Å². The van der Waals surface area contributed by atoms with E-state index >= 15 is 0 Å². The standard InChI is InChI=1S/C20H15F3N4O2.ClH/c21-20(22,23)16-13-4-2-1-3-11(13)10-26-17(16)14-6-5-12(9-15(24)19(28)29)27-8-7-25-18(14)27;/h1-8,10,15H,9,24H2,(H,28,29);1H/t15-;/m0./s1. The number of halogens is 4. The van der Waals surface area contributed by atoms with E-state index in [1.807, 2.05) is 0 Å². The van der Waals surface area contributed by atoms with Gasteiger partial charge in [-0.15, -0.1) is 12.4 Å². The normalized spacial score (nSPS) is 12.7. The summed E-state index contributed by atoms with van der Waals surface area (Å²) < 4.78 is 43.5. The van der Waals surface area contributed by atoms with Crippen molar-refractivity contribution in [3.8, 4) is 11.3 Å². The smallest absolute Gasteiger partial charge is 0.419 e. The third kappa shape index (κ3) is 3.69. The quantitative estimate of drug-likeness (QED) is 0.505. The van der Waals surface area contributed by atoms with Gasteiger partial charge in [0, 0.05) is 41.7 Å². The highest BCUT2D eigenvalue weighted by atomic mass is 35.5. The van der Waals surface area contributed by atoms with Crippen LogP contribution in [0.1, 0.15) is 11.3 Å². The summed E-state index contributed by atoms with van der Waals surface area (Å²) in [6.45, 7) is 0. The van der Waals surface area contributed by atoms with Crippen molar-refractivity contribution in [2.75, 3.05) is 0 Å². The van der Waals surface area contributed by atoms with Crippen molar-refractivity contribution in [3.05, 3.63) is 66.2 Å². The molecule has 0 saturated heterocycles. The lowest BCUT2D eigenvalue weighted by Crippen LogP contribution is -2.32. The maximum absolute atomic E-state index is 14.0. The van der Waals surface area contributed by atoms with E-state index in [0.717, 1.165) is 0 Å². The lowest BCUT2D eigenvalue weighted by atomic mass is 9.99. The van der Waals surface area contributed by atoms with E-state index in [9.17, 15) is 18.0 Å². The van der Waals surface area contributed by atoms with Gasteiger partial charge >= 0.3 is 12.1 Å². The van der Waals surface area contributed by atoms with E-state index in [1.165, 1.54) is 28.9 Å². The Morgan fingerprint density at radius 2 is 1.90 bits per heavy atom. The predicted molar refractivity (Wildman–Crippen MR) is 107 cm³/mol. The molecule has 0 radical (unpaired) electrons. The van der Waals surface area contributed by atoms with Gasteiger partial charge in [-0.1, -0.05) is 24.3 Å². The van der Waals surface area contributed by atoms with Crippen molar-refractivity contribution < 1.29 is 23.1 Å². The highest BCUT2D eigenvalue weighted by Gasteiger charge is 2.37. The zero-order valence-electron chi connectivity index (χ0n) is 15.3. The summed E-state index contributed by atoms with van der Waals surface area (Å²) in [5.41, 5.74) is 5.49. The average molecular weight is 437 g/mol. The monoisotopic (exact) mass is 436 g/mol. The Morgan fingerprint density at radius 3 is 2.60 bits per heavy atom. The number of alkyl halides is 3. The van der Waals surface area contributed by atoms with Gasteiger partial charge in [0.2, 0.25) is 0 Å². The van der Waals surface area contributed by atoms with Crippen LogP contribution in [0.15, 0.2) is 55.0 Å². The third-order valence-corrected chi connectivity index (χ3v) is 4.72. The van der Waals surface area contributed by atoms with Gasteiger partial charge in [0.25, 0.3) is 0 Å². The summed E-state index contributed by atoms with van der Waals surface area (Å²) >= 11 is 0. The lowest BCUT2D eigenvalue weighted by molar-refractivity contribution is -0.138. The zero-order chi connectivity index (χ0) is 20.8. The molecule has 0 bridgehead atoms. The molecule has 0 fully saturated rings. The number of benzene rings is 1. The topological polar surface area (TPSA) is 93.5 Å². The number of rotatable bonds is 4. The van der Waals surface area contributed by atoms with E-state index in [4.69, 9.17) is 10.8 Å². The van der Waals surface area contributed by atoms with Crippen LogP contribution >= 0.6 is 12.4 Å². The minimum Gasteiger partial charge on any atom is -0.480 e. The number of carboxylic acid groups (broad SMARTS) is 1. The first-order valence-electron chi connectivity index (χ1n) is 8.66. The van der Waals surface area contributed by atoms with Gasteiger partial charge in [0.1, 0.15) is 11.7 Å². The van der Waals surface area contributed by atoms with E-state index in [-0.39, 0.29) is 41.1 Å². The predicted octanol–water partition coefficient (Wildman–Crippen LogP) is 3.94. The maximum Gasteiger partial charge on any atom is 0.419 e. The average Bonchev–Trinajstić information content (AvgIpc) is 3.16. The molecule has 10 heteroatoms. The summed E-state index contributed by atoms with van der Waals surface area (Å²) in [7, 11) is 0. The van der Waals surface area contributed by atoms with Crippen molar-refractivity contribution >= 4 is 34.8 Å². The molecule has 0 amide bonds. The molecular formula is C20H16ClF3N4O2. The van der Waals surface area contributed by atoms with Gasteiger partial charge in [-0.2, -0.15) is 13.2 Å². The van der Waals surface area contributed by atoms with Crippen molar-refractivity contribution in [1.82, 2.24) is 14.4 Å². The second-order valence-electron chi connectivity index (χ2n) is 6.57. The molecule has 0 aliphatic heterocycles. The summed E-state index contributed by atoms with van der Waals surface area (Å²) in [6.07, 6.45) is -0.246. The molecule has 156 valence electrons. The van der Waals surface area contributed by atoms with Crippen LogP contribution in [-0.2, 0) is 17.4 Å². The highest BCUT2D eigenvalue weighted by molar-refractivity contribution is 5.92. The molecule has 0 unspecified atom stereocenters. The molecule has 3 N–H and O–H groups in total. The van der Waals surface area contributed by atoms with Crippen LogP contribution in [0.2, 0.25) is 0 Å². The van der Waals surface area contributed by atoms with Gasteiger partial charge in [-0.3, -0.25) is 9.78 Å². The second kappa shape index (κ2) is 7.92. The Bertz CT molecular complexity index is 1240. The Morgan fingerprint density at radius 1 is 1.17 bits per heavy atom. The molecule has 3 heterocycles. The minimum absolute atomic E-state index is 0. The summed E-state index contributed by atoms with van der Waals surface area (Å²) in [5.74, 6) is -1.17. The number of hydrogen-bond donors (Lipinski definition) is 2. The number of fused-ring (bicyclic) bond motifs is 2. The number of hydrogen-bond acceptors (Lipinski definition) is 4. The minimum atomic E-state index is -4.63. The maximum atomic E-state index is 14.0. The Hall–Kier alpha value is -3.17. The fraction of sp³-hybridized carbons (Fsp3) is 0.150. The Labute approximate surface area is 174 Å². The van der Waals surface area contributed by atoms with Gasteiger partial charge in [0.15, 0.2) is 0 Å². The number of nitrogens with zero attached hydrogens (tertiary/aromatic N) is 3. The van der Waals surface area contributed by atoms with E-state index in [0.29, 0.717) is 11.1 Å². The SMILES string of the molecule is Cl.N[C@@H](Cc1ccc(-c2ncc3ccccc3c2C(F)(F)F)c2nccn12)C(=O)O. The Balaban J connectivity index is 0.00000256. The molecule has 0 aliphatic rings. The first-order chi connectivity index (χ1) is 13.8. The molecule has 30 heavy (non-hydrogen) atoms. The van der Waals surface area contributed by atoms with Crippen molar-refractivity contribution in [1.29, 1.82) is 0 Å². The van der Waals surface area contributed by atoms with Crippen LogP contribution < -0.4 is 5.73 Å². The number of pyridine rings is 2. The van der Waals surface area contributed by atoms with Gasteiger partial charge < -0.3 is 15.2 Å². The van der Waals surface area contributed by atoms with Crippen LogP contribution in [0.5, 0.6) is 0 Å². The van der Waals surface area contributed by atoms with Crippen LogP contribution in [0.4, 0.5) is 13.2 Å². The lowest BCUT2D eigenvalue weighted by Gasteiger charge is -2.17. The van der Waals surface area contributed by atoms with Crippen LogP contribution in [-0.4, -0.2) is 31.5 Å². The number of nitrogens with two attached hydrogens (primary N) is 1. The Kier molecular flexibility index (Phi) is 5.69.